The summed E-state index contributed by atoms with van der Waals surface area (Å²) in [6.07, 6.45) is 6.48. The van der Waals surface area contributed by atoms with Crippen molar-refractivity contribution in [2.24, 2.45) is 11.8 Å². The summed E-state index contributed by atoms with van der Waals surface area (Å²) in [7, 11) is 0. The summed E-state index contributed by atoms with van der Waals surface area (Å²) in [5.41, 5.74) is 1.61. The van der Waals surface area contributed by atoms with Crippen LogP contribution in [0.25, 0.3) is 0 Å². The highest BCUT2D eigenvalue weighted by Gasteiger charge is 2.34. The van der Waals surface area contributed by atoms with Crippen LogP contribution < -0.4 is 21.3 Å². The standard InChI is InChI=1S/C21H28N6O3S2/c1-2-22-17-18(27-32(30)26-17)24-13-7-8-15-14(9-13)16(20(29)23-10-11-3-4-11)21(31-15)25-19(28)12-5-6-12/h11-13H,2-10H2,1H3,(H,22,26)(H,23,29)(H,24,27)(H,25,28). The van der Waals surface area contributed by atoms with E-state index in [2.05, 4.69) is 30.0 Å². The Hall–Kier alpha value is -2.24. The summed E-state index contributed by atoms with van der Waals surface area (Å²) in [5.74, 6) is 1.60. The molecule has 0 radical (unpaired) electrons. The molecule has 0 aliphatic heterocycles. The van der Waals surface area contributed by atoms with E-state index in [0.29, 0.717) is 47.6 Å². The molecule has 172 valence electrons. The molecule has 0 saturated heterocycles. The van der Waals surface area contributed by atoms with E-state index in [1.165, 1.54) is 24.2 Å². The number of aryl methyl sites for hydroxylation is 1. The molecule has 2 heterocycles. The molecule has 2 fully saturated rings. The normalized spacial score (nSPS) is 20.4. The van der Waals surface area contributed by atoms with Crippen molar-refractivity contribution in [1.82, 2.24) is 14.1 Å². The molecule has 2 aromatic heterocycles. The molecule has 0 spiro atoms. The minimum absolute atomic E-state index is 0.0174. The van der Waals surface area contributed by atoms with Crippen molar-refractivity contribution in [2.45, 2.75) is 57.9 Å². The summed E-state index contributed by atoms with van der Waals surface area (Å²) in [6, 6.07) is 0.0387. The fourth-order valence-electron chi connectivity index (χ4n) is 4.08. The molecule has 2 aromatic rings. The van der Waals surface area contributed by atoms with Gasteiger partial charge >= 0.3 is 0 Å². The van der Waals surface area contributed by atoms with Crippen LogP contribution in [0.5, 0.6) is 0 Å². The Balaban J connectivity index is 1.37. The maximum Gasteiger partial charge on any atom is 0.254 e. The SMILES string of the molecule is CCNc1n[s+]([O-])nc1NC1CCc2sc(NC(=O)C3CC3)c(C(=O)NCC3CC3)c2C1. The molecule has 2 amide bonds. The first-order chi connectivity index (χ1) is 15.5. The average Bonchev–Trinajstić information content (AvgIpc) is 3.68. The third kappa shape index (κ3) is 4.74. The van der Waals surface area contributed by atoms with Crippen molar-refractivity contribution in [1.29, 1.82) is 0 Å². The highest BCUT2D eigenvalue weighted by atomic mass is 32.2. The predicted molar refractivity (Wildman–Crippen MR) is 125 cm³/mol. The Bertz CT molecular complexity index is 1030. The number of carbonyl (C=O) groups is 2. The topological polar surface area (TPSA) is 131 Å². The van der Waals surface area contributed by atoms with E-state index in [4.69, 9.17) is 0 Å². The van der Waals surface area contributed by atoms with E-state index in [1.807, 2.05) is 6.92 Å². The van der Waals surface area contributed by atoms with Crippen molar-refractivity contribution in [3.63, 3.8) is 0 Å². The fourth-order valence-corrected chi connectivity index (χ4v) is 5.96. The molecule has 9 nitrogen and oxygen atoms in total. The van der Waals surface area contributed by atoms with Crippen LogP contribution in [0.2, 0.25) is 0 Å². The van der Waals surface area contributed by atoms with Crippen LogP contribution in [-0.2, 0) is 17.6 Å². The second kappa shape index (κ2) is 8.95. The molecule has 3 aliphatic rings. The first-order valence-corrected chi connectivity index (χ1v) is 13.2. The Labute approximate surface area is 193 Å². The molecule has 2 saturated carbocycles. The van der Waals surface area contributed by atoms with Gasteiger partial charge in [0.2, 0.25) is 17.5 Å². The molecule has 5 rings (SSSR count). The van der Waals surface area contributed by atoms with Gasteiger partial charge in [-0.1, -0.05) is 0 Å². The summed E-state index contributed by atoms with van der Waals surface area (Å²) in [6.45, 7) is 3.29. The van der Waals surface area contributed by atoms with E-state index in [9.17, 15) is 14.1 Å². The summed E-state index contributed by atoms with van der Waals surface area (Å²) in [5, 5.41) is 13.3. The number of fused-ring (bicyclic) bond motifs is 1. The highest BCUT2D eigenvalue weighted by molar-refractivity contribution is 7.17. The number of aromatic nitrogens is 2. The molecular formula is C21H28N6O3S2. The first-order valence-electron chi connectivity index (χ1n) is 11.4. The van der Waals surface area contributed by atoms with Crippen molar-refractivity contribution >= 4 is 50.9 Å². The largest absolute Gasteiger partial charge is 0.546 e. The molecule has 4 N–H and O–H groups in total. The number of hydrogen-bond donors (Lipinski definition) is 4. The van der Waals surface area contributed by atoms with Crippen LogP contribution in [-0.4, -0.2) is 44.2 Å². The van der Waals surface area contributed by atoms with Crippen LogP contribution in [0.3, 0.4) is 0 Å². The maximum absolute atomic E-state index is 13.2. The van der Waals surface area contributed by atoms with Gasteiger partial charge in [-0.15, -0.1) is 11.3 Å². The molecule has 0 aromatic carbocycles. The van der Waals surface area contributed by atoms with Gasteiger partial charge < -0.3 is 25.8 Å². The Morgan fingerprint density at radius 2 is 1.94 bits per heavy atom. The van der Waals surface area contributed by atoms with Crippen LogP contribution in [0, 0.1) is 11.8 Å². The predicted octanol–water partition coefficient (Wildman–Crippen LogP) is 3.16. The zero-order valence-corrected chi connectivity index (χ0v) is 19.7. The zero-order chi connectivity index (χ0) is 22.2. The zero-order valence-electron chi connectivity index (χ0n) is 18.0. The Kier molecular flexibility index (Phi) is 6.04. The lowest BCUT2D eigenvalue weighted by Crippen LogP contribution is -2.31. The smallest absolute Gasteiger partial charge is 0.254 e. The molecule has 32 heavy (non-hydrogen) atoms. The first kappa shape index (κ1) is 21.6. The number of thiophene rings is 1. The van der Waals surface area contributed by atoms with Gasteiger partial charge in [0.1, 0.15) is 5.00 Å². The van der Waals surface area contributed by atoms with E-state index in [-0.39, 0.29) is 23.8 Å². The van der Waals surface area contributed by atoms with E-state index in [0.717, 1.165) is 36.1 Å². The second-order valence-corrected chi connectivity index (χ2v) is 10.8. The lowest BCUT2D eigenvalue weighted by atomic mass is 9.91. The number of hydrogen-bond acceptors (Lipinski definition) is 8. The number of amides is 2. The molecule has 3 aliphatic carbocycles. The minimum atomic E-state index is -1.61. The van der Waals surface area contributed by atoms with Gasteiger partial charge in [0.25, 0.3) is 5.91 Å². The van der Waals surface area contributed by atoms with Gasteiger partial charge in [-0.05, 0) is 63.4 Å². The lowest BCUT2D eigenvalue weighted by Gasteiger charge is -2.24. The van der Waals surface area contributed by atoms with Crippen molar-refractivity contribution < 1.29 is 14.1 Å². The van der Waals surface area contributed by atoms with E-state index < -0.39 is 11.1 Å². The molecular weight excluding hydrogens is 448 g/mol. The maximum atomic E-state index is 13.2. The Morgan fingerprint density at radius 3 is 2.66 bits per heavy atom. The van der Waals surface area contributed by atoms with Crippen LogP contribution >= 0.6 is 22.5 Å². The monoisotopic (exact) mass is 476 g/mol. The average molecular weight is 477 g/mol. The van der Waals surface area contributed by atoms with Crippen LogP contribution in [0.4, 0.5) is 16.6 Å². The lowest BCUT2D eigenvalue weighted by molar-refractivity contribution is -0.117. The highest BCUT2D eigenvalue weighted by Crippen LogP contribution is 2.41. The van der Waals surface area contributed by atoms with Gasteiger partial charge in [0.05, 0.1) is 5.56 Å². The van der Waals surface area contributed by atoms with Gasteiger partial charge in [-0.3, -0.25) is 9.59 Å². The fraction of sp³-hybridized carbons (Fsp3) is 0.619. The third-order valence-corrected chi connectivity index (χ3v) is 8.05. The number of nitrogens with one attached hydrogen (secondary N) is 4. The van der Waals surface area contributed by atoms with Gasteiger partial charge in [-0.2, -0.15) is 0 Å². The van der Waals surface area contributed by atoms with Crippen molar-refractivity contribution in [2.75, 3.05) is 29.0 Å². The molecule has 11 heteroatoms. The number of anilines is 3. The Morgan fingerprint density at radius 1 is 1.16 bits per heavy atom. The number of rotatable bonds is 9. The van der Waals surface area contributed by atoms with Crippen LogP contribution in [0.15, 0.2) is 0 Å². The summed E-state index contributed by atoms with van der Waals surface area (Å²) >= 11 is -0.0749. The quantitative estimate of drug-likeness (QED) is 0.409. The molecule has 0 bridgehead atoms. The van der Waals surface area contributed by atoms with Gasteiger partial charge in [-0.25, -0.2) is 0 Å². The molecule has 2 unspecified atom stereocenters. The van der Waals surface area contributed by atoms with Crippen molar-refractivity contribution in [3.05, 3.63) is 16.0 Å². The van der Waals surface area contributed by atoms with E-state index >= 15 is 0 Å². The number of carbonyl (C=O) groups excluding carboxylic acids is 2. The third-order valence-electron chi connectivity index (χ3n) is 6.17. The summed E-state index contributed by atoms with van der Waals surface area (Å²) in [4.78, 5) is 26.8. The minimum Gasteiger partial charge on any atom is -0.546 e. The second-order valence-electron chi connectivity index (χ2n) is 8.85. The van der Waals surface area contributed by atoms with Gasteiger partial charge in [0, 0.05) is 38.7 Å². The number of nitrogens with zero attached hydrogens (tertiary/aromatic N) is 2. The summed E-state index contributed by atoms with van der Waals surface area (Å²) < 4.78 is 19.9. The molecule has 2 atom stereocenters. The van der Waals surface area contributed by atoms with Crippen molar-refractivity contribution in [3.8, 4) is 0 Å². The van der Waals surface area contributed by atoms with Gasteiger partial charge in [0.15, 0.2) is 11.1 Å². The van der Waals surface area contributed by atoms with E-state index in [1.54, 1.807) is 0 Å². The van der Waals surface area contributed by atoms with Crippen LogP contribution in [0.1, 0.15) is 59.8 Å².